The van der Waals surface area contributed by atoms with Crippen LogP contribution < -0.4 is 10.6 Å². The van der Waals surface area contributed by atoms with E-state index in [1.54, 1.807) is 4.90 Å². The van der Waals surface area contributed by atoms with Gasteiger partial charge in [0.2, 0.25) is 5.91 Å². The summed E-state index contributed by atoms with van der Waals surface area (Å²) in [5, 5.41) is 15.0. The summed E-state index contributed by atoms with van der Waals surface area (Å²) in [6.07, 6.45) is 6.22. The molecule has 0 aromatic carbocycles. The molecule has 3 amide bonds. The van der Waals surface area contributed by atoms with Crippen molar-refractivity contribution in [1.29, 1.82) is 0 Å². The molecule has 0 aromatic rings. The largest absolute Gasteiger partial charge is 0.480 e. The second kappa shape index (κ2) is 9.06. The highest BCUT2D eigenvalue weighted by atomic mass is 16.4. The van der Waals surface area contributed by atoms with Crippen LogP contribution in [-0.4, -0.2) is 53.1 Å². The molecule has 7 nitrogen and oxygen atoms in total. The molecule has 2 atom stereocenters. The van der Waals surface area contributed by atoms with Crippen molar-refractivity contribution in [2.75, 3.05) is 13.1 Å². The molecule has 2 aliphatic rings. The topological polar surface area (TPSA) is 98.7 Å². The van der Waals surface area contributed by atoms with Crippen LogP contribution in [0.2, 0.25) is 0 Å². The molecule has 1 saturated heterocycles. The van der Waals surface area contributed by atoms with Crippen molar-refractivity contribution < 1.29 is 19.5 Å². The predicted molar refractivity (Wildman–Crippen MR) is 94.1 cm³/mol. The van der Waals surface area contributed by atoms with E-state index in [0.717, 1.165) is 32.1 Å². The van der Waals surface area contributed by atoms with Gasteiger partial charge in [0.05, 0.1) is 5.92 Å². The summed E-state index contributed by atoms with van der Waals surface area (Å²) in [5.41, 5.74) is 0. The maximum atomic E-state index is 12.5. The zero-order valence-electron chi connectivity index (χ0n) is 15.3. The Morgan fingerprint density at radius 1 is 1.12 bits per heavy atom. The Morgan fingerprint density at radius 3 is 2.40 bits per heavy atom. The van der Waals surface area contributed by atoms with Crippen molar-refractivity contribution in [1.82, 2.24) is 15.5 Å². The maximum absolute atomic E-state index is 12.5. The summed E-state index contributed by atoms with van der Waals surface area (Å²) in [6, 6.07) is -0.708. The van der Waals surface area contributed by atoms with Crippen molar-refractivity contribution in [3.8, 4) is 0 Å². The van der Waals surface area contributed by atoms with Gasteiger partial charge in [-0.3, -0.25) is 4.79 Å². The van der Waals surface area contributed by atoms with Crippen LogP contribution in [0.5, 0.6) is 0 Å². The minimum atomic E-state index is -1.01. The zero-order valence-corrected chi connectivity index (χ0v) is 15.3. The fraction of sp³-hybridized carbons (Fsp3) is 0.833. The van der Waals surface area contributed by atoms with E-state index in [2.05, 4.69) is 10.6 Å². The van der Waals surface area contributed by atoms with Gasteiger partial charge in [0.1, 0.15) is 6.04 Å². The van der Waals surface area contributed by atoms with Crippen molar-refractivity contribution >= 4 is 17.9 Å². The number of hydrogen-bond acceptors (Lipinski definition) is 3. The Kier molecular flexibility index (Phi) is 7.08. The van der Waals surface area contributed by atoms with Gasteiger partial charge in [-0.25, -0.2) is 9.59 Å². The Hall–Kier alpha value is -1.79. The van der Waals surface area contributed by atoms with Crippen molar-refractivity contribution in [3.63, 3.8) is 0 Å². The van der Waals surface area contributed by atoms with Crippen molar-refractivity contribution in [2.24, 2.45) is 11.8 Å². The molecule has 0 bridgehead atoms. The van der Waals surface area contributed by atoms with Crippen molar-refractivity contribution in [3.05, 3.63) is 0 Å². The van der Waals surface area contributed by atoms with E-state index >= 15 is 0 Å². The Balaban J connectivity index is 1.87. The Morgan fingerprint density at radius 2 is 1.80 bits per heavy atom. The third-order valence-electron chi connectivity index (χ3n) is 5.08. The predicted octanol–water partition coefficient (Wildman–Crippen LogP) is 1.97. The molecule has 0 aromatic heterocycles. The molecule has 1 saturated carbocycles. The monoisotopic (exact) mass is 353 g/mol. The lowest BCUT2D eigenvalue weighted by Gasteiger charge is -2.33. The van der Waals surface area contributed by atoms with Gasteiger partial charge in [-0.15, -0.1) is 0 Å². The summed E-state index contributed by atoms with van der Waals surface area (Å²) < 4.78 is 0. The maximum Gasteiger partial charge on any atom is 0.326 e. The first-order valence-corrected chi connectivity index (χ1v) is 9.45. The average molecular weight is 353 g/mol. The van der Waals surface area contributed by atoms with E-state index in [1.807, 2.05) is 13.8 Å². The second-order valence-corrected chi connectivity index (χ2v) is 7.74. The third kappa shape index (κ3) is 5.90. The summed E-state index contributed by atoms with van der Waals surface area (Å²) in [6.45, 7) is 4.87. The van der Waals surface area contributed by atoms with Crippen LogP contribution in [0.4, 0.5) is 4.79 Å². The lowest BCUT2D eigenvalue weighted by Crippen LogP contribution is -2.52. The van der Waals surface area contributed by atoms with Crippen LogP contribution in [0.25, 0.3) is 0 Å². The van der Waals surface area contributed by atoms with Crippen molar-refractivity contribution in [2.45, 2.75) is 70.9 Å². The van der Waals surface area contributed by atoms with Gasteiger partial charge in [0.15, 0.2) is 0 Å². The number of likely N-dealkylation sites (tertiary alicyclic amines) is 1. The van der Waals surface area contributed by atoms with E-state index in [-0.39, 0.29) is 29.8 Å². The first-order chi connectivity index (χ1) is 11.9. The quantitative estimate of drug-likeness (QED) is 0.680. The Bertz CT molecular complexity index is 489. The third-order valence-corrected chi connectivity index (χ3v) is 5.08. The van der Waals surface area contributed by atoms with Crippen LogP contribution in [0.1, 0.15) is 58.8 Å². The zero-order chi connectivity index (χ0) is 18.4. The molecule has 25 heavy (non-hydrogen) atoms. The molecule has 7 heteroatoms. The molecule has 0 radical (unpaired) electrons. The summed E-state index contributed by atoms with van der Waals surface area (Å²) in [7, 11) is 0. The van der Waals surface area contributed by atoms with Gasteiger partial charge in [0.25, 0.3) is 0 Å². The number of urea groups is 1. The van der Waals surface area contributed by atoms with E-state index < -0.39 is 12.0 Å². The van der Waals surface area contributed by atoms with Crippen LogP contribution in [-0.2, 0) is 9.59 Å². The first kappa shape index (κ1) is 19.5. The SMILES string of the molecule is CC(C)C[C@@H](NC(=O)C1CCCN(C(=O)NC2CCCC2)C1)C(=O)O. The lowest BCUT2D eigenvalue weighted by molar-refractivity contribution is -0.143. The molecule has 1 aliphatic heterocycles. The number of amides is 3. The summed E-state index contributed by atoms with van der Waals surface area (Å²) in [5.74, 6) is -1.42. The van der Waals surface area contributed by atoms with E-state index in [1.165, 1.54) is 0 Å². The Labute approximate surface area is 149 Å². The number of aliphatic carboxylic acids is 1. The highest BCUT2D eigenvalue weighted by molar-refractivity contribution is 5.85. The number of rotatable bonds is 6. The first-order valence-electron chi connectivity index (χ1n) is 9.45. The van der Waals surface area contributed by atoms with Gasteiger partial charge in [0, 0.05) is 19.1 Å². The molecule has 1 unspecified atom stereocenters. The fourth-order valence-electron chi connectivity index (χ4n) is 3.69. The number of carbonyl (C=O) groups is 3. The number of nitrogens with one attached hydrogen (secondary N) is 2. The van der Waals surface area contributed by atoms with Gasteiger partial charge in [-0.1, -0.05) is 26.7 Å². The molecular weight excluding hydrogens is 322 g/mol. The molecular formula is C18H31N3O4. The molecule has 0 spiro atoms. The van der Waals surface area contributed by atoms with Crippen LogP contribution in [0.3, 0.4) is 0 Å². The van der Waals surface area contributed by atoms with Crippen LogP contribution in [0.15, 0.2) is 0 Å². The highest BCUT2D eigenvalue weighted by Crippen LogP contribution is 2.20. The minimum Gasteiger partial charge on any atom is -0.480 e. The second-order valence-electron chi connectivity index (χ2n) is 7.74. The number of carboxylic acid groups (broad SMARTS) is 1. The van der Waals surface area contributed by atoms with Gasteiger partial charge in [-0.05, 0) is 38.0 Å². The summed E-state index contributed by atoms with van der Waals surface area (Å²) >= 11 is 0. The number of hydrogen-bond donors (Lipinski definition) is 3. The minimum absolute atomic E-state index is 0.0960. The fourth-order valence-corrected chi connectivity index (χ4v) is 3.69. The van der Waals surface area contributed by atoms with Crippen LogP contribution >= 0.6 is 0 Å². The van der Waals surface area contributed by atoms with Gasteiger partial charge in [-0.2, -0.15) is 0 Å². The van der Waals surface area contributed by atoms with E-state index in [9.17, 15) is 19.5 Å². The molecule has 142 valence electrons. The number of nitrogens with zero attached hydrogens (tertiary/aromatic N) is 1. The lowest BCUT2D eigenvalue weighted by atomic mass is 9.96. The average Bonchev–Trinajstić information content (AvgIpc) is 3.06. The van der Waals surface area contributed by atoms with Crippen LogP contribution in [0, 0.1) is 11.8 Å². The molecule has 2 rings (SSSR count). The molecule has 1 heterocycles. The summed E-state index contributed by atoms with van der Waals surface area (Å²) in [4.78, 5) is 37.9. The standard InChI is InChI=1S/C18H31N3O4/c1-12(2)10-15(17(23)24)20-16(22)13-6-5-9-21(11-13)18(25)19-14-7-3-4-8-14/h12-15H,3-11H2,1-2H3,(H,19,25)(H,20,22)(H,23,24)/t13?,15-/m1/s1. The number of carboxylic acids is 1. The van der Waals surface area contributed by atoms with Gasteiger partial charge < -0.3 is 20.6 Å². The highest BCUT2D eigenvalue weighted by Gasteiger charge is 2.32. The molecule has 3 N–H and O–H groups in total. The number of carbonyl (C=O) groups excluding carboxylic acids is 2. The van der Waals surface area contributed by atoms with E-state index in [4.69, 9.17) is 0 Å². The normalized spacial score (nSPS) is 22.7. The van der Waals surface area contributed by atoms with Gasteiger partial charge >= 0.3 is 12.0 Å². The number of piperidine rings is 1. The molecule has 2 fully saturated rings. The van der Waals surface area contributed by atoms with E-state index in [0.29, 0.717) is 25.9 Å². The smallest absolute Gasteiger partial charge is 0.326 e. The molecule has 1 aliphatic carbocycles.